The van der Waals surface area contributed by atoms with Gasteiger partial charge in [-0.05, 0) is 50.3 Å². The summed E-state index contributed by atoms with van der Waals surface area (Å²) in [5, 5.41) is 0.564. The van der Waals surface area contributed by atoms with E-state index >= 15 is 0 Å². The van der Waals surface area contributed by atoms with Crippen LogP contribution in [0.2, 0.25) is 0 Å². The molecule has 0 fully saturated rings. The molecule has 0 spiro atoms. The number of nitrogens with zero attached hydrogens (tertiary/aromatic N) is 4. The number of hydrogen-bond acceptors (Lipinski definition) is 5. The molecule has 0 saturated carbocycles. The molecule has 0 aliphatic heterocycles. The Morgan fingerprint density at radius 1 is 1.00 bits per heavy atom. The van der Waals surface area contributed by atoms with Crippen molar-refractivity contribution < 1.29 is 9.21 Å². The first-order chi connectivity index (χ1) is 16.5. The molecule has 1 amide bonds. The van der Waals surface area contributed by atoms with Gasteiger partial charge < -0.3 is 14.2 Å². The van der Waals surface area contributed by atoms with Crippen LogP contribution in [-0.2, 0) is 6.54 Å². The third-order valence-corrected chi connectivity index (χ3v) is 5.92. The van der Waals surface area contributed by atoms with Crippen molar-refractivity contribution in [3.05, 3.63) is 100 Å². The summed E-state index contributed by atoms with van der Waals surface area (Å²) in [6.07, 6.45) is 2.09. The number of carbonyl (C=O) groups is 1. The minimum Gasteiger partial charge on any atom is -0.459 e. The highest BCUT2D eigenvalue weighted by Gasteiger charge is 2.30. The highest BCUT2D eigenvalue weighted by atomic mass is 16.3. The number of furan rings is 1. The fourth-order valence-corrected chi connectivity index (χ4v) is 4.15. The third-order valence-electron chi connectivity index (χ3n) is 5.92. The highest BCUT2D eigenvalue weighted by molar-refractivity contribution is 5.91. The summed E-state index contributed by atoms with van der Waals surface area (Å²) in [6.45, 7) is 3.52. The standard InChI is InChI=1S/C27H30N4O3/c1-4-23(30(17-16-29(2)3)27(33)24-15-10-18-34-24)25-28-22-14-9-8-13-21(22)26(32)31(25)19-20-11-6-5-7-12-20/h5-15,18,23H,4,16-17,19H2,1-3H3. The van der Waals surface area contributed by atoms with E-state index in [9.17, 15) is 9.59 Å². The largest absolute Gasteiger partial charge is 0.459 e. The van der Waals surface area contributed by atoms with E-state index in [1.165, 1.54) is 6.26 Å². The number of fused-ring (bicyclic) bond motifs is 1. The zero-order valence-electron chi connectivity index (χ0n) is 19.8. The Kier molecular flexibility index (Phi) is 7.23. The van der Waals surface area contributed by atoms with E-state index in [0.717, 1.165) is 5.56 Å². The summed E-state index contributed by atoms with van der Waals surface area (Å²) in [6, 6.07) is 20.2. The van der Waals surface area contributed by atoms with E-state index in [1.807, 2.05) is 74.4 Å². The smallest absolute Gasteiger partial charge is 0.290 e. The van der Waals surface area contributed by atoms with Crippen LogP contribution in [0.1, 0.15) is 41.3 Å². The second kappa shape index (κ2) is 10.5. The first kappa shape index (κ1) is 23.4. The zero-order valence-corrected chi connectivity index (χ0v) is 19.8. The van der Waals surface area contributed by atoms with Crippen LogP contribution in [0, 0.1) is 0 Å². The molecule has 4 aromatic rings. The zero-order chi connectivity index (χ0) is 24.1. The molecule has 0 aliphatic rings. The Morgan fingerprint density at radius 2 is 1.74 bits per heavy atom. The lowest BCUT2D eigenvalue weighted by molar-refractivity contribution is 0.0609. The average Bonchev–Trinajstić information content (AvgIpc) is 3.39. The first-order valence-corrected chi connectivity index (χ1v) is 11.5. The van der Waals surface area contributed by atoms with Crippen molar-refractivity contribution in [1.29, 1.82) is 0 Å². The molecule has 2 heterocycles. The van der Waals surface area contributed by atoms with Gasteiger partial charge in [-0.15, -0.1) is 0 Å². The summed E-state index contributed by atoms with van der Waals surface area (Å²) >= 11 is 0. The first-order valence-electron chi connectivity index (χ1n) is 11.5. The minimum atomic E-state index is -0.404. The van der Waals surface area contributed by atoms with Gasteiger partial charge in [0.05, 0.1) is 29.8 Å². The predicted octanol–water partition coefficient (Wildman–Crippen LogP) is 4.19. The molecule has 1 unspecified atom stereocenters. The molecule has 34 heavy (non-hydrogen) atoms. The fourth-order valence-electron chi connectivity index (χ4n) is 4.15. The normalized spacial score (nSPS) is 12.2. The number of likely N-dealkylation sites (N-methyl/N-ethyl adjacent to an activating group) is 1. The summed E-state index contributed by atoms with van der Waals surface area (Å²) in [5.41, 5.74) is 1.51. The second-order valence-corrected chi connectivity index (χ2v) is 8.57. The summed E-state index contributed by atoms with van der Waals surface area (Å²) in [4.78, 5) is 35.9. The number of amides is 1. The third kappa shape index (κ3) is 4.94. The van der Waals surface area contributed by atoms with Gasteiger partial charge in [0.25, 0.3) is 11.5 Å². The molecule has 176 valence electrons. The van der Waals surface area contributed by atoms with E-state index in [2.05, 4.69) is 0 Å². The fraction of sp³-hybridized carbons (Fsp3) is 0.296. The van der Waals surface area contributed by atoms with Crippen LogP contribution in [0.5, 0.6) is 0 Å². The number of aromatic nitrogens is 2. The van der Waals surface area contributed by atoms with Gasteiger partial charge in [-0.3, -0.25) is 14.2 Å². The van der Waals surface area contributed by atoms with Crippen molar-refractivity contribution in [3.63, 3.8) is 0 Å². The number of carbonyl (C=O) groups excluding carboxylic acids is 1. The highest BCUT2D eigenvalue weighted by Crippen LogP contribution is 2.26. The van der Waals surface area contributed by atoms with Crippen molar-refractivity contribution in [3.8, 4) is 0 Å². The molecule has 0 N–H and O–H groups in total. The molecule has 7 nitrogen and oxygen atoms in total. The molecule has 0 bridgehead atoms. The van der Waals surface area contributed by atoms with Gasteiger partial charge in [0.1, 0.15) is 5.82 Å². The molecule has 4 rings (SSSR count). The molecule has 0 radical (unpaired) electrons. The second-order valence-electron chi connectivity index (χ2n) is 8.57. The monoisotopic (exact) mass is 458 g/mol. The number of benzene rings is 2. The summed E-state index contributed by atoms with van der Waals surface area (Å²) in [5.74, 6) is 0.635. The lowest BCUT2D eigenvalue weighted by Gasteiger charge is -2.32. The van der Waals surface area contributed by atoms with Gasteiger partial charge in [0.15, 0.2) is 5.76 Å². The van der Waals surface area contributed by atoms with Crippen LogP contribution >= 0.6 is 0 Å². The van der Waals surface area contributed by atoms with Crippen LogP contribution in [0.3, 0.4) is 0 Å². The van der Waals surface area contributed by atoms with Crippen molar-refractivity contribution in [2.45, 2.75) is 25.9 Å². The van der Waals surface area contributed by atoms with Crippen molar-refractivity contribution in [2.75, 3.05) is 27.2 Å². The van der Waals surface area contributed by atoms with Crippen molar-refractivity contribution in [1.82, 2.24) is 19.4 Å². The molecule has 2 aromatic heterocycles. The van der Waals surface area contributed by atoms with Gasteiger partial charge >= 0.3 is 0 Å². The minimum absolute atomic E-state index is 0.110. The van der Waals surface area contributed by atoms with E-state index in [-0.39, 0.29) is 17.2 Å². The Hall–Kier alpha value is -3.71. The molecular formula is C27H30N4O3. The van der Waals surface area contributed by atoms with Gasteiger partial charge in [0.2, 0.25) is 0 Å². The van der Waals surface area contributed by atoms with E-state index in [0.29, 0.717) is 42.8 Å². The van der Waals surface area contributed by atoms with Crippen molar-refractivity contribution in [2.24, 2.45) is 0 Å². The van der Waals surface area contributed by atoms with Crippen LogP contribution in [-0.4, -0.2) is 52.4 Å². The quantitative estimate of drug-likeness (QED) is 0.376. The van der Waals surface area contributed by atoms with Gasteiger partial charge in [-0.1, -0.05) is 49.4 Å². The Bertz CT molecular complexity index is 1300. The van der Waals surface area contributed by atoms with Gasteiger partial charge in [-0.2, -0.15) is 0 Å². The predicted molar refractivity (Wildman–Crippen MR) is 133 cm³/mol. The summed E-state index contributed by atoms with van der Waals surface area (Å²) < 4.78 is 7.15. The van der Waals surface area contributed by atoms with E-state index in [4.69, 9.17) is 9.40 Å². The van der Waals surface area contributed by atoms with Crippen LogP contribution in [0.4, 0.5) is 0 Å². The molecule has 1 atom stereocenters. The molecule has 2 aromatic carbocycles. The molecule has 0 saturated heterocycles. The Morgan fingerprint density at radius 3 is 2.41 bits per heavy atom. The van der Waals surface area contributed by atoms with E-state index < -0.39 is 6.04 Å². The average molecular weight is 459 g/mol. The van der Waals surface area contributed by atoms with Crippen molar-refractivity contribution >= 4 is 16.8 Å². The topological polar surface area (TPSA) is 71.6 Å². The Balaban J connectivity index is 1.87. The molecular weight excluding hydrogens is 428 g/mol. The molecule has 0 aliphatic carbocycles. The number of hydrogen-bond donors (Lipinski definition) is 0. The lowest BCUT2D eigenvalue weighted by atomic mass is 10.1. The maximum absolute atomic E-state index is 13.7. The van der Waals surface area contributed by atoms with Crippen LogP contribution in [0.15, 0.2) is 82.2 Å². The number of para-hydroxylation sites is 1. The van der Waals surface area contributed by atoms with E-state index in [1.54, 1.807) is 27.7 Å². The summed E-state index contributed by atoms with van der Waals surface area (Å²) in [7, 11) is 3.94. The lowest BCUT2D eigenvalue weighted by Crippen LogP contribution is -2.42. The Labute approximate surface area is 199 Å². The number of rotatable bonds is 9. The maximum Gasteiger partial charge on any atom is 0.290 e. The van der Waals surface area contributed by atoms with Crippen LogP contribution in [0.25, 0.3) is 10.9 Å². The van der Waals surface area contributed by atoms with Gasteiger partial charge in [0, 0.05) is 13.1 Å². The van der Waals surface area contributed by atoms with Crippen LogP contribution < -0.4 is 5.56 Å². The van der Waals surface area contributed by atoms with Gasteiger partial charge in [-0.25, -0.2) is 4.98 Å². The SMILES string of the molecule is CCC(c1nc2ccccc2c(=O)n1Cc1ccccc1)N(CCN(C)C)C(=O)c1ccco1. The molecule has 7 heteroatoms. The maximum atomic E-state index is 13.7.